The molecule has 0 bridgehead atoms. The third-order valence-electron chi connectivity index (χ3n) is 5.95. The van der Waals surface area contributed by atoms with Crippen LogP contribution in [0.5, 0.6) is 5.75 Å². The highest BCUT2D eigenvalue weighted by Crippen LogP contribution is 2.49. The van der Waals surface area contributed by atoms with Gasteiger partial charge in [-0.3, -0.25) is 4.99 Å². The number of phenols is 1. The first-order valence-electron chi connectivity index (χ1n) is 10.5. The highest BCUT2D eigenvalue weighted by molar-refractivity contribution is 7.49. The molecular formula is C27H32NOP. The average molecular weight is 418 g/mol. The monoisotopic (exact) mass is 417 g/mol. The van der Waals surface area contributed by atoms with Gasteiger partial charge in [0.1, 0.15) is 5.75 Å². The van der Waals surface area contributed by atoms with Crippen molar-refractivity contribution in [3.05, 3.63) is 94.0 Å². The van der Waals surface area contributed by atoms with E-state index in [-0.39, 0.29) is 5.16 Å². The van der Waals surface area contributed by atoms with Gasteiger partial charge in [-0.25, -0.2) is 0 Å². The normalized spacial score (nSPS) is 14.3. The van der Waals surface area contributed by atoms with E-state index in [1.807, 2.05) is 20.0 Å². The smallest absolute Gasteiger partial charge is 0.122 e. The zero-order valence-electron chi connectivity index (χ0n) is 18.9. The minimum Gasteiger partial charge on any atom is -0.507 e. The third kappa shape index (κ3) is 4.35. The second-order valence-electron chi connectivity index (χ2n) is 8.22. The van der Waals surface area contributed by atoms with Crippen molar-refractivity contribution in [3.63, 3.8) is 0 Å². The summed E-state index contributed by atoms with van der Waals surface area (Å²) in [4.78, 5) is 4.68. The van der Waals surface area contributed by atoms with Crippen LogP contribution in [0.3, 0.4) is 0 Å². The van der Waals surface area contributed by atoms with Crippen molar-refractivity contribution in [3.8, 4) is 5.75 Å². The molecule has 1 N–H and O–H groups in total. The lowest BCUT2D eigenvalue weighted by atomic mass is 9.93. The molecule has 156 valence electrons. The molecular weight excluding hydrogens is 385 g/mol. The molecule has 3 heteroatoms. The Labute approximate surface area is 182 Å². The van der Waals surface area contributed by atoms with E-state index in [1.165, 1.54) is 22.0 Å². The maximum atomic E-state index is 10.9. The number of aromatic hydroxyl groups is 1. The molecule has 0 spiro atoms. The first-order chi connectivity index (χ1) is 14.3. The number of aliphatic imine (C=N–C) groups is 1. The van der Waals surface area contributed by atoms with E-state index in [2.05, 4.69) is 87.3 Å². The lowest BCUT2D eigenvalue weighted by molar-refractivity contribution is 0.452. The van der Waals surface area contributed by atoms with Crippen molar-refractivity contribution in [2.75, 3.05) is 7.05 Å². The van der Waals surface area contributed by atoms with Crippen LogP contribution in [-0.4, -0.2) is 17.9 Å². The van der Waals surface area contributed by atoms with Crippen LogP contribution in [0.1, 0.15) is 53.6 Å². The predicted molar refractivity (Wildman–Crippen MR) is 132 cm³/mol. The number of phenolic OH excluding ortho intramolecular Hbond substituents is 1. The highest BCUT2D eigenvalue weighted by Gasteiger charge is 2.31. The summed E-state index contributed by atoms with van der Waals surface area (Å²) in [6, 6.07) is 21.1. The lowest BCUT2D eigenvalue weighted by Crippen LogP contribution is -2.24. The molecule has 2 nitrogen and oxygen atoms in total. The molecule has 0 saturated carbocycles. The topological polar surface area (TPSA) is 32.6 Å². The number of nitrogens with zero attached hydrogens (tertiary/aromatic N) is 1. The Morgan fingerprint density at radius 3 is 2.30 bits per heavy atom. The first-order valence-corrected chi connectivity index (χ1v) is 11.5. The van der Waals surface area contributed by atoms with Gasteiger partial charge in [-0.1, -0.05) is 88.7 Å². The molecule has 0 aliphatic heterocycles. The summed E-state index contributed by atoms with van der Waals surface area (Å²) in [5, 5.41) is 12.1. The third-order valence-corrected chi connectivity index (χ3v) is 8.03. The molecule has 2 unspecified atom stereocenters. The molecule has 0 heterocycles. The Hall–Kier alpha value is -2.44. The minimum atomic E-state index is -0.155. The van der Waals surface area contributed by atoms with Crippen molar-refractivity contribution < 1.29 is 5.11 Å². The van der Waals surface area contributed by atoms with Crippen molar-refractivity contribution >= 4 is 19.6 Å². The Morgan fingerprint density at radius 2 is 1.67 bits per heavy atom. The summed E-state index contributed by atoms with van der Waals surface area (Å²) in [5.74, 6) is 0.431. The summed E-state index contributed by atoms with van der Waals surface area (Å²) in [6.07, 6.45) is 0.944. The van der Waals surface area contributed by atoms with Gasteiger partial charge in [-0.15, -0.1) is 0 Å². The van der Waals surface area contributed by atoms with Crippen molar-refractivity contribution in [1.29, 1.82) is 0 Å². The van der Waals surface area contributed by atoms with Gasteiger partial charge in [0.15, 0.2) is 0 Å². The standard InChI is InChI=1S/C27H32NOP/c1-7-27(5,23-17-18(2)16-20(4)25(23)29)30-26-19(3)12-11-15-22(26)24(28-6)21-13-9-8-10-14-21/h8-17,29-30H,7H2,1-6H3. The van der Waals surface area contributed by atoms with Crippen molar-refractivity contribution in [2.45, 2.75) is 46.2 Å². The quantitative estimate of drug-likeness (QED) is 0.365. The van der Waals surface area contributed by atoms with Crippen molar-refractivity contribution in [2.24, 2.45) is 4.99 Å². The average Bonchev–Trinajstić information content (AvgIpc) is 2.74. The molecule has 0 amide bonds. The van der Waals surface area contributed by atoms with E-state index in [0.29, 0.717) is 14.3 Å². The minimum absolute atomic E-state index is 0.155. The molecule has 2 atom stereocenters. The molecule has 0 radical (unpaired) electrons. The number of hydrogen-bond donors (Lipinski definition) is 1. The van der Waals surface area contributed by atoms with E-state index in [4.69, 9.17) is 0 Å². The summed E-state index contributed by atoms with van der Waals surface area (Å²) in [6.45, 7) is 10.8. The molecule has 3 aromatic rings. The molecule has 0 fully saturated rings. The van der Waals surface area contributed by atoms with Gasteiger partial charge >= 0.3 is 0 Å². The van der Waals surface area contributed by atoms with Crippen LogP contribution in [0.15, 0.2) is 65.7 Å². The largest absolute Gasteiger partial charge is 0.507 e. The Morgan fingerprint density at radius 1 is 0.967 bits per heavy atom. The molecule has 0 aromatic heterocycles. The van der Waals surface area contributed by atoms with Gasteiger partial charge < -0.3 is 5.11 Å². The fourth-order valence-corrected chi connectivity index (χ4v) is 5.71. The van der Waals surface area contributed by atoms with Gasteiger partial charge in [0.2, 0.25) is 0 Å². The highest BCUT2D eigenvalue weighted by atomic mass is 31.1. The fraction of sp³-hybridized carbons (Fsp3) is 0.296. The van der Waals surface area contributed by atoms with Crippen LogP contribution in [0.4, 0.5) is 0 Å². The van der Waals surface area contributed by atoms with Crippen molar-refractivity contribution in [1.82, 2.24) is 0 Å². The van der Waals surface area contributed by atoms with Crippen LogP contribution < -0.4 is 5.30 Å². The SMILES string of the molecule is CCC(C)(Pc1c(C)cccc1C(=NC)c1ccccc1)c1cc(C)cc(C)c1O. The number of rotatable bonds is 6. The second kappa shape index (κ2) is 9.14. The predicted octanol–water partition coefficient (Wildman–Crippen LogP) is 6.41. The Balaban J connectivity index is 2.15. The number of aryl methyl sites for hydroxylation is 3. The van der Waals surface area contributed by atoms with Gasteiger partial charge in [0, 0.05) is 28.9 Å². The maximum Gasteiger partial charge on any atom is 0.122 e. The van der Waals surface area contributed by atoms with E-state index < -0.39 is 0 Å². The zero-order valence-corrected chi connectivity index (χ0v) is 19.9. The van der Waals surface area contributed by atoms with Crippen LogP contribution >= 0.6 is 8.58 Å². The van der Waals surface area contributed by atoms with Crippen LogP contribution in [-0.2, 0) is 5.16 Å². The lowest BCUT2D eigenvalue weighted by Gasteiger charge is -2.32. The fourth-order valence-electron chi connectivity index (χ4n) is 4.03. The second-order valence-corrected chi connectivity index (χ2v) is 10.1. The van der Waals surface area contributed by atoms with E-state index in [9.17, 15) is 5.11 Å². The molecule has 30 heavy (non-hydrogen) atoms. The summed E-state index contributed by atoms with van der Waals surface area (Å²) >= 11 is 0. The molecule has 3 rings (SSSR count). The summed E-state index contributed by atoms with van der Waals surface area (Å²) in [7, 11) is 2.38. The zero-order chi connectivity index (χ0) is 21.9. The molecule has 0 aliphatic carbocycles. The van der Waals surface area contributed by atoms with E-state index in [0.717, 1.165) is 28.8 Å². The summed E-state index contributed by atoms with van der Waals surface area (Å²) in [5.41, 5.74) is 7.78. The maximum absolute atomic E-state index is 10.9. The van der Waals surface area contributed by atoms with E-state index in [1.54, 1.807) is 0 Å². The molecule has 0 aliphatic rings. The van der Waals surface area contributed by atoms with Gasteiger partial charge in [-0.05, 0) is 43.6 Å². The van der Waals surface area contributed by atoms with Gasteiger partial charge in [0.05, 0.1) is 5.71 Å². The molecule has 3 aromatic carbocycles. The number of hydrogen-bond acceptors (Lipinski definition) is 2. The Kier molecular flexibility index (Phi) is 6.78. The Bertz CT molecular complexity index is 1070. The van der Waals surface area contributed by atoms with E-state index >= 15 is 0 Å². The first kappa shape index (κ1) is 22.2. The van der Waals surface area contributed by atoms with Gasteiger partial charge in [-0.2, -0.15) is 0 Å². The number of benzene rings is 3. The van der Waals surface area contributed by atoms with Crippen LogP contribution in [0, 0.1) is 20.8 Å². The van der Waals surface area contributed by atoms with Crippen LogP contribution in [0.2, 0.25) is 0 Å². The van der Waals surface area contributed by atoms with Crippen LogP contribution in [0.25, 0.3) is 0 Å². The van der Waals surface area contributed by atoms with Gasteiger partial charge in [0.25, 0.3) is 0 Å². The summed E-state index contributed by atoms with van der Waals surface area (Å²) < 4.78 is 0. The molecule has 0 saturated heterocycles.